The van der Waals surface area contributed by atoms with E-state index in [9.17, 15) is 0 Å². The fourth-order valence-corrected chi connectivity index (χ4v) is 4.95. The molecule has 0 amide bonds. The van der Waals surface area contributed by atoms with Crippen LogP contribution in [0.1, 0.15) is 29.4 Å². The Morgan fingerprint density at radius 2 is 1.87 bits per heavy atom. The molecule has 7 heteroatoms. The number of thiazole rings is 1. The fourth-order valence-electron chi connectivity index (χ4n) is 3.94. The van der Waals surface area contributed by atoms with Crippen LogP contribution in [0.25, 0.3) is 21.7 Å². The van der Waals surface area contributed by atoms with E-state index in [1.165, 1.54) is 15.3 Å². The molecular formula is C23H25N5OS. The van der Waals surface area contributed by atoms with Crippen LogP contribution in [-0.2, 0) is 6.54 Å². The molecule has 0 radical (unpaired) electrons. The van der Waals surface area contributed by atoms with Gasteiger partial charge in [-0.3, -0.25) is 9.80 Å². The number of aryl methyl sites for hydroxylation is 1. The highest BCUT2D eigenvalue weighted by Crippen LogP contribution is 2.26. The van der Waals surface area contributed by atoms with Gasteiger partial charge in [-0.25, -0.2) is 4.98 Å². The second kappa shape index (κ2) is 8.26. The van der Waals surface area contributed by atoms with Crippen LogP contribution in [0.15, 0.2) is 52.9 Å². The highest BCUT2D eigenvalue weighted by Gasteiger charge is 2.26. The summed E-state index contributed by atoms with van der Waals surface area (Å²) < 4.78 is 7.27. The third-order valence-corrected chi connectivity index (χ3v) is 6.74. The van der Waals surface area contributed by atoms with Crippen LogP contribution in [0.5, 0.6) is 0 Å². The van der Waals surface area contributed by atoms with Gasteiger partial charge in [0.1, 0.15) is 5.01 Å². The van der Waals surface area contributed by atoms with Crippen molar-refractivity contribution in [3.63, 3.8) is 0 Å². The van der Waals surface area contributed by atoms with Gasteiger partial charge in [0.05, 0.1) is 22.8 Å². The van der Waals surface area contributed by atoms with Gasteiger partial charge in [0.15, 0.2) is 0 Å². The Hall–Kier alpha value is -2.61. The number of nitrogens with zero attached hydrogens (tertiary/aromatic N) is 5. The van der Waals surface area contributed by atoms with Crippen molar-refractivity contribution >= 4 is 21.6 Å². The van der Waals surface area contributed by atoms with E-state index in [1.54, 1.807) is 11.3 Å². The van der Waals surface area contributed by atoms with Gasteiger partial charge < -0.3 is 4.42 Å². The second-order valence-electron chi connectivity index (χ2n) is 7.88. The zero-order chi connectivity index (χ0) is 20.5. The molecule has 3 heterocycles. The lowest BCUT2D eigenvalue weighted by Gasteiger charge is -2.36. The Morgan fingerprint density at radius 3 is 2.67 bits per heavy atom. The van der Waals surface area contributed by atoms with Crippen molar-refractivity contribution in [2.75, 3.05) is 26.2 Å². The standard InChI is InChI=1S/C23H25N5OS/c1-16-6-5-7-18(14-16)23-26-25-22(29-23)17(2)28-12-10-27(11-13-28)15-21-24-19-8-3-4-9-20(19)30-21/h3-9,14,17H,10-13,15H2,1-2H3. The van der Waals surface area contributed by atoms with Gasteiger partial charge >= 0.3 is 0 Å². The number of para-hydroxylation sites is 1. The van der Waals surface area contributed by atoms with E-state index < -0.39 is 0 Å². The average Bonchev–Trinajstić information content (AvgIpc) is 3.41. The van der Waals surface area contributed by atoms with Crippen molar-refractivity contribution < 1.29 is 4.42 Å². The normalized spacial score (nSPS) is 16.9. The van der Waals surface area contributed by atoms with E-state index in [0.717, 1.165) is 43.8 Å². The van der Waals surface area contributed by atoms with Crippen LogP contribution in [0.4, 0.5) is 0 Å². The highest BCUT2D eigenvalue weighted by molar-refractivity contribution is 7.18. The van der Waals surface area contributed by atoms with Crippen LogP contribution in [-0.4, -0.2) is 51.2 Å². The van der Waals surface area contributed by atoms with E-state index in [0.29, 0.717) is 11.8 Å². The summed E-state index contributed by atoms with van der Waals surface area (Å²) in [6, 6.07) is 16.6. The molecular weight excluding hydrogens is 394 g/mol. The molecule has 2 aromatic heterocycles. The summed E-state index contributed by atoms with van der Waals surface area (Å²) >= 11 is 1.80. The number of aromatic nitrogens is 3. The Balaban J connectivity index is 1.20. The van der Waals surface area contributed by atoms with Crippen LogP contribution < -0.4 is 0 Å². The van der Waals surface area contributed by atoms with Crippen LogP contribution in [0, 0.1) is 6.92 Å². The van der Waals surface area contributed by atoms with E-state index >= 15 is 0 Å². The fraction of sp³-hybridized carbons (Fsp3) is 0.348. The molecule has 0 saturated carbocycles. The third kappa shape index (κ3) is 4.01. The van der Waals surface area contributed by atoms with E-state index in [4.69, 9.17) is 9.40 Å². The molecule has 30 heavy (non-hydrogen) atoms. The molecule has 1 aliphatic heterocycles. The number of benzene rings is 2. The second-order valence-corrected chi connectivity index (χ2v) is 8.99. The smallest absolute Gasteiger partial charge is 0.247 e. The maximum absolute atomic E-state index is 6.01. The van der Waals surface area contributed by atoms with Gasteiger partial charge in [-0.2, -0.15) is 0 Å². The quantitative estimate of drug-likeness (QED) is 0.474. The topological polar surface area (TPSA) is 58.3 Å². The molecule has 0 aliphatic carbocycles. The van der Waals surface area contributed by atoms with Crippen LogP contribution >= 0.6 is 11.3 Å². The van der Waals surface area contributed by atoms with Crippen LogP contribution in [0.3, 0.4) is 0 Å². The average molecular weight is 420 g/mol. The minimum absolute atomic E-state index is 0.112. The highest BCUT2D eigenvalue weighted by atomic mass is 32.1. The molecule has 154 valence electrons. The van der Waals surface area contributed by atoms with E-state index in [1.807, 2.05) is 18.2 Å². The minimum atomic E-state index is 0.112. The molecule has 2 aromatic carbocycles. The van der Waals surface area contributed by atoms with Crippen molar-refractivity contribution in [2.45, 2.75) is 26.4 Å². The van der Waals surface area contributed by atoms with Crippen molar-refractivity contribution in [3.8, 4) is 11.5 Å². The van der Waals surface area contributed by atoms with Gasteiger partial charge in [-0.1, -0.05) is 29.8 Å². The first-order chi connectivity index (χ1) is 14.7. The maximum atomic E-state index is 6.01. The summed E-state index contributed by atoms with van der Waals surface area (Å²) in [5.74, 6) is 1.28. The lowest BCUT2D eigenvalue weighted by atomic mass is 10.1. The van der Waals surface area contributed by atoms with Crippen LogP contribution in [0.2, 0.25) is 0 Å². The Labute approximate surface area is 180 Å². The molecule has 1 saturated heterocycles. The molecule has 0 bridgehead atoms. The molecule has 1 fully saturated rings. The summed E-state index contributed by atoms with van der Waals surface area (Å²) in [6.45, 7) is 9.12. The molecule has 1 unspecified atom stereocenters. The summed E-state index contributed by atoms with van der Waals surface area (Å²) in [5, 5.41) is 9.79. The molecule has 5 rings (SSSR count). The summed E-state index contributed by atoms with van der Waals surface area (Å²) in [7, 11) is 0. The number of hydrogen-bond donors (Lipinski definition) is 0. The number of fused-ring (bicyclic) bond motifs is 1. The zero-order valence-electron chi connectivity index (χ0n) is 17.3. The predicted molar refractivity (Wildman–Crippen MR) is 119 cm³/mol. The van der Waals surface area contributed by atoms with E-state index in [-0.39, 0.29) is 6.04 Å². The number of piperazine rings is 1. The molecule has 0 N–H and O–H groups in total. The minimum Gasteiger partial charge on any atom is -0.419 e. The molecule has 1 aliphatic rings. The van der Waals surface area contributed by atoms with Crippen molar-refractivity contribution in [1.82, 2.24) is 25.0 Å². The summed E-state index contributed by atoms with van der Waals surface area (Å²) in [5.41, 5.74) is 3.26. The van der Waals surface area contributed by atoms with Gasteiger partial charge in [0.2, 0.25) is 11.8 Å². The Morgan fingerprint density at radius 1 is 1.03 bits per heavy atom. The lowest BCUT2D eigenvalue weighted by Crippen LogP contribution is -2.46. The number of rotatable bonds is 5. The first kappa shape index (κ1) is 19.4. The van der Waals surface area contributed by atoms with Gasteiger partial charge in [-0.05, 0) is 38.1 Å². The zero-order valence-corrected chi connectivity index (χ0v) is 18.1. The lowest BCUT2D eigenvalue weighted by molar-refractivity contribution is 0.0876. The molecule has 0 spiro atoms. The Bertz CT molecular complexity index is 1110. The SMILES string of the molecule is Cc1cccc(-c2nnc(C(C)N3CCN(Cc4nc5ccccc5s4)CC3)o2)c1. The van der Waals surface area contributed by atoms with Gasteiger partial charge in [0.25, 0.3) is 0 Å². The van der Waals surface area contributed by atoms with Crippen molar-refractivity contribution in [3.05, 3.63) is 65.0 Å². The monoisotopic (exact) mass is 419 g/mol. The van der Waals surface area contributed by atoms with Crippen molar-refractivity contribution in [1.29, 1.82) is 0 Å². The Kier molecular flexibility index (Phi) is 5.33. The third-order valence-electron chi connectivity index (χ3n) is 5.71. The van der Waals surface area contributed by atoms with E-state index in [2.05, 4.69) is 64.2 Å². The largest absolute Gasteiger partial charge is 0.419 e. The number of hydrogen-bond acceptors (Lipinski definition) is 7. The summed E-state index contributed by atoms with van der Waals surface area (Å²) in [4.78, 5) is 9.67. The first-order valence-electron chi connectivity index (χ1n) is 10.4. The predicted octanol–water partition coefficient (Wildman–Crippen LogP) is 4.53. The van der Waals surface area contributed by atoms with Crippen molar-refractivity contribution in [2.24, 2.45) is 0 Å². The first-order valence-corrected chi connectivity index (χ1v) is 11.2. The molecule has 1 atom stereocenters. The van der Waals surface area contributed by atoms with Gasteiger partial charge in [-0.15, -0.1) is 21.5 Å². The summed E-state index contributed by atoms with van der Waals surface area (Å²) in [6.07, 6.45) is 0. The maximum Gasteiger partial charge on any atom is 0.247 e. The molecule has 4 aromatic rings. The van der Waals surface area contributed by atoms with Gasteiger partial charge in [0, 0.05) is 31.7 Å². The molecule has 6 nitrogen and oxygen atoms in total.